The van der Waals surface area contributed by atoms with Crippen LogP contribution in [-0.2, 0) is 0 Å². The maximum Gasteiger partial charge on any atom is 0.319 e. The fourth-order valence-corrected chi connectivity index (χ4v) is 2.13. The predicted octanol–water partition coefficient (Wildman–Crippen LogP) is 1.94. The summed E-state index contributed by atoms with van der Waals surface area (Å²) >= 11 is 0. The molecule has 0 bridgehead atoms. The van der Waals surface area contributed by atoms with E-state index in [1.807, 2.05) is 0 Å². The average molecular weight is 302 g/mol. The third kappa shape index (κ3) is 3.62. The molecule has 0 radical (unpaired) electrons. The second-order valence-electron chi connectivity index (χ2n) is 5.44. The fourth-order valence-electron chi connectivity index (χ4n) is 2.13. The van der Waals surface area contributed by atoms with Crippen molar-refractivity contribution in [2.75, 3.05) is 11.9 Å². The SMILES string of the molecule is Cc1nnc(-c2ccc(NC(=O)NCC(O)C3CC3)cc2)o1. The van der Waals surface area contributed by atoms with E-state index in [0.29, 0.717) is 23.4 Å². The van der Waals surface area contributed by atoms with Crippen molar-refractivity contribution in [2.24, 2.45) is 5.92 Å². The number of hydrogen-bond donors (Lipinski definition) is 3. The highest BCUT2D eigenvalue weighted by Crippen LogP contribution is 2.32. The van der Waals surface area contributed by atoms with Crippen molar-refractivity contribution in [2.45, 2.75) is 25.9 Å². The zero-order valence-electron chi connectivity index (χ0n) is 12.2. The summed E-state index contributed by atoms with van der Waals surface area (Å²) in [6.07, 6.45) is 1.64. The Hall–Kier alpha value is -2.41. The normalized spacial score (nSPS) is 15.4. The van der Waals surface area contributed by atoms with Crippen molar-refractivity contribution in [1.82, 2.24) is 15.5 Å². The van der Waals surface area contributed by atoms with E-state index < -0.39 is 6.10 Å². The number of urea groups is 1. The van der Waals surface area contributed by atoms with Crippen LogP contribution in [0, 0.1) is 12.8 Å². The number of amides is 2. The smallest absolute Gasteiger partial charge is 0.319 e. The minimum absolute atomic E-state index is 0.274. The molecule has 0 saturated heterocycles. The second-order valence-corrected chi connectivity index (χ2v) is 5.44. The number of nitrogens with one attached hydrogen (secondary N) is 2. The van der Waals surface area contributed by atoms with Crippen LogP contribution in [0.1, 0.15) is 18.7 Å². The molecule has 7 heteroatoms. The van der Waals surface area contributed by atoms with Crippen LogP contribution < -0.4 is 10.6 Å². The highest BCUT2D eigenvalue weighted by molar-refractivity contribution is 5.89. The first-order valence-electron chi connectivity index (χ1n) is 7.25. The van der Waals surface area contributed by atoms with E-state index in [1.165, 1.54) is 0 Å². The summed E-state index contributed by atoms with van der Waals surface area (Å²) in [7, 11) is 0. The number of aliphatic hydroxyl groups excluding tert-OH is 1. The van der Waals surface area contributed by atoms with Crippen molar-refractivity contribution in [1.29, 1.82) is 0 Å². The van der Waals surface area contributed by atoms with Gasteiger partial charge in [-0.25, -0.2) is 4.79 Å². The summed E-state index contributed by atoms with van der Waals surface area (Å²) < 4.78 is 5.33. The molecule has 3 N–H and O–H groups in total. The van der Waals surface area contributed by atoms with Gasteiger partial charge >= 0.3 is 6.03 Å². The third-order valence-electron chi connectivity index (χ3n) is 3.55. The largest absolute Gasteiger partial charge is 0.421 e. The topological polar surface area (TPSA) is 100 Å². The van der Waals surface area contributed by atoms with Crippen LogP contribution >= 0.6 is 0 Å². The van der Waals surface area contributed by atoms with Gasteiger partial charge in [-0.3, -0.25) is 0 Å². The molecule has 1 aliphatic rings. The molecule has 1 atom stereocenters. The van der Waals surface area contributed by atoms with E-state index in [-0.39, 0.29) is 12.6 Å². The number of rotatable bonds is 5. The average Bonchev–Trinajstić information content (AvgIpc) is 3.28. The van der Waals surface area contributed by atoms with Gasteiger partial charge in [-0.15, -0.1) is 10.2 Å². The van der Waals surface area contributed by atoms with Crippen molar-refractivity contribution in [3.63, 3.8) is 0 Å². The number of aliphatic hydroxyl groups is 1. The molecular weight excluding hydrogens is 284 g/mol. The number of benzene rings is 1. The highest BCUT2D eigenvalue weighted by Gasteiger charge is 2.29. The summed E-state index contributed by atoms with van der Waals surface area (Å²) in [6, 6.07) is 6.77. The van der Waals surface area contributed by atoms with Gasteiger partial charge < -0.3 is 20.2 Å². The Balaban J connectivity index is 1.53. The fraction of sp³-hybridized carbons (Fsp3) is 0.400. The standard InChI is InChI=1S/C15H18N4O3/c1-9-18-19-14(22-9)11-4-6-12(7-5-11)17-15(21)16-8-13(20)10-2-3-10/h4-7,10,13,20H,2-3,8H2,1H3,(H2,16,17,21). The van der Waals surface area contributed by atoms with Crippen molar-refractivity contribution in [3.05, 3.63) is 30.2 Å². The summed E-state index contributed by atoms with van der Waals surface area (Å²) in [5, 5.41) is 22.8. The Bertz CT molecular complexity index is 649. The number of aryl methyl sites for hydroxylation is 1. The minimum atomic E-state index is -0.450. The zero-order chi connectivity index (χ0) is 15.5. The quantitative estimate of drug-likeness (QED) is 0.783. The van der Waals surface area contributed by atoms with Gasteiger partial charge in [0.25, 0.3) is 0 Å². The zero-order valence-corrected chi connectivity index (χ0v) is 12.2. The minimum Gasteiger partial charge on any atom is -0.421 e. The van der Waals surface area contributed by atoms with Gasteiger partial charge in [0.05, 0.1) is 6.10 Å². The number of nitrogens with zero attached hydrogens (tertiary/aromatic N) is 2. The first-order valence-corrected chi connectivity index (χ1v) is 7.25. The lowest BCUT2D eigenvalue weighted by Gasteiger charge is -2.11. The number of carbonyl (C=O) groups is 1. The lowest BCUT2D eigenvalue weighted by Crippen LogP contribution is -2.36. The van der Waals surface area contributed by atoms with E-state index in [2.05, 4.69) is 20.8 Å². The predicted molar refractivity (Wildman–Crippen MR) is 80.2 cm³/mol. The van der Waals surface area contributed by atoms with E-state index in [0.717, 1.165) is 18.4 Å². The highest BCUT2D eigenvalue weighted by atomic mass is 16.4. The van der Waals surface area contributed by atoms with Crippen LogP contribution in [0.5, 0.6) is 0 Å². The first kappa shape index (κ1) is 14.5. The lowest BCUT2D eigenvalue weighted by molar-refractivity contribution is 0.150. The van der Waals surface area contributed by atoms with Crippen LogP contribution in [0.15, 0.2) is 28.7 Å². The number of anilines is 1. The van der Waals surface area contributed by atoms with Crippen LogP contribution in [0.2, 0.25) is 0 Å². The molecule has 3 rings (SSSR count). The third-order valence-corrected chi connectivity index (χ3v) is 3.55. The summed E-state index contributed by atoms with van der Waals surface area (Å²) in [5.74, 6) is 1.30. The number of aromatic nitrogens is 2. The molecule has 1 aromatic heterocycles. The van der Waals surface area contributed by atoms with E-state index in [4.69, 9.17) is 4.42 Å². The van der Waals surface area contributed by atoms with Gasteiger partial charge in [0.1, 0.15) is 0 Å². The molecule has 2 aromatic rings. The molecule has 2 amide bonds. The lowest BCUT2D eigenvalue weighted by atomic mass is 10.2. The summed E-state index contributed by atoms with van der Waals surface area (Å²) in [5.41, 5.74) is 1.44. The van der Waals surface area contributed by atoms with Gasteiger partial charge in [0.15, 0.2) is 0 Å². The molecule has 1 aliphatic carbocycles. The molecule has 1 heterocycles. The maximum atomic E-state index is 11.7. The molecule has 7 nitrogen and oxygen atoms in total. The Morgan fingerprint density at radius 3 is 2.68 bits per heavy atom. The van der Waals surface area contributed by atoms with Crippen molar-refractivity contribution >= 4 is 11.7 Å². The van der Waals surface area contributed by atoms with E-state index in [9.17, 15) is 9.90 Å². The first-order chi connectivity index (χ1) is 10.6. The molecule has 0 aliphatic heterocycles. The summed E-state index contributed by atoms with van der Waals surface area (Å²) in [4.78, 5) is 11.7. The van der Waals surface area contributed by atoms with Crippen LogP contribution in [-0.4, -0.2) is 34.0 Å². The molecule has 1 fully saturated rings. The van der Waals surface area contributed by atoms with Gasteiger partial charge in [-0.1, -0.05) is 0 Å². The van der Waals surface area contributed by atoms with Crippen LogP contribution in [0.3, 0.4) is 0 Å². The molecule has 0 spiro atoms. The van der Waals surface area contributed by atoms with Crippen LogP contribution in [0.25, 0.3) is 11.5 Å². The Morgan fingerprint density at radius 1 is 1.36 bits per heavy atom. The Kier molecular flexibility index (Phi) is 4.06. The van der Waals surface area contributed by atoms with Gasteiger partial charge in [0.2, 0.25) is 11.8 Å². The van der Waals surface area contributed by atoms with Gasteiger partial charge in [-0.2, -0.15) is 0 Å². The molecule has 1 aromatic carbocycles. The summed E-state index contributed by atoms with van der Waals surface area (Å²) in [6.45, 7) is 2.00. The van der Waals surface area contributed by atoms with E-state index in [1.54, 1.807) is 31.2 Å². The molecular formula is C15H18N4O3. The van der Waals surface area contributed by atoms with Crippen LogP contribution in [0.4, 0.5) is 10.5 Å². The Labute approximate surface area is 127 Å². The maximum absolute atomic E-state index is 11.7. The van der Waals surface area contributed by atoms with Gasteiger partial charge in [-0.05, 0) is 43.0 Å². The molecule has 1 unspecified atom stereocenters. The van der Waals surface area contributed by atoms with E-state index >= 15 is 0 Å². The number of carbonyl (C=O) groups excluding carboxylic acids is 1. The molecule has 1 saturated carbocycles. The molecule has 22 heavy (non-hydrogen) atoms. The van der Waals surface area contributed by atoms with Crippen molar-refractivity contribution < 1.29 is 14.3 Å². The molecule has 116 valence electrons. The van der Waals surface area contributed by atoms with Crippen molar-refractivity contribution in [3.8, 4) is 11.5 Å². The Morgan fingerprint density at radius 2 is 2.09 bits per heavy atom. The second kappa shape index (κ2) is 6.15. The monoisotopic (exact) mass is 302 g/mol. The number of hydrogen-bond acceptors (Lipinski definition) is 5. The van der Waals surface area contributed by atoms with Gasteiger partial charge in [0, 0.05) is 24.7 Å².